The number of esters is 1. The van der Waals surface area contributed by atoms with E-state index in [4.69, 9.17) is 14.4 Å². The van der Waals surface area contributed by atoms with Crippen LogP contribution in [0.2, 0.25) is 0 Å². The highest BCUT2D eigenvalue weighted by Gasteiger charge is 2.38. The van der Waals surface area contributed by atoms with Crippen molar-refractivity contribution in [1.29, 1.82) is 0 Å². The Morgan fingerprint density at radius 3 is 2.43 bits per heavy atom. The van der Waals surface area contributed by atoms with E-state index in [1.54, 1.807) is 12.1 Å². The Hall–Kier alpha value is -1.88. The summed E-state index contributed by atoms with van der Waals surface area (Å²) in [7, 11) is -3.29. The van der Waals surface area contributed by atoms with E-state index in [2.05, 4.69) is 0 Å². The molecule has 2 unspecified atom stereocenters. The summed E-state index contributed by atoms with van der Waals surface area (Å²) in [5.41, 5.74) is -0.635. The molecule has 124 valence electrons. The lowest BCUT2D eigenvalue weighted by atomic mass is 10.1. The minimum Gasteiger partial charge on any atom is -0.481 e. The van der Waals surface area contributed by atoms with Crippen LogP contribution >= 0.6 is 16.7 Å². The molecule has 1 aromatic rings. The lowest BCUT2D eigenvalue weighted by molar-refractivity contribution is -0.145. The second kappa shape index (κ2) is 10.0. The van der Waals surface area contributed by atoms with E-state index in [1.807, 2.05) is 0 Å². The number of rotatable bonds is 10. The lowest BCUT2D eigenvalue weighted by Crippen LogP contribution is -2.23. The second-order valence-electron chi connectivity index (χ2n) is 4.50. The van der Waals surface area contributed by atoms with Crippen LogP contribution in [0.15, 0.2) is 24.3 Å². The molecule has 0 spiro atoms. The van der Waals surface area contributed by atoms with Gasteiger partial charge in [-0.2, -0.15) is 4.89 Å². The summed E-state index contributed by atoms with van der Waals surface area (Å²) in [6, 6.07) is 6.17. The molecule has 0 aliphatic carbocycles. The highest BCUT2D eigenvalue weighted by Crippen LogP contribution is 2.28. The summed E-state index contributed by atoms with van der Waals surface area (Å²) in [5, 5.41) is 8.47. The molecular formula is C13H15O8P2+. The molecule has 23 heavy (non-hydrogen) atoms. The first kappa shape index (κ1) is 19.2. The van der Waals surface area contributed by atoms with Gasteiger partial charge in [0.05, 0.1) is 6.61 Å². The smallest absolute Gasteiger partial charge is 0.481 e. The molecule has 0 bridgehead atoms. The van der Waals surface area contributed by atoms with Gasteiger partial charge in [-0.25, -0.2) is 9.36 Å². The molecule has 2 N–H and O–H groups in total. The monoisotopic (exact) mass is 361 g/mol. The minimum atomic E-state index is -2.80. The first-order chi connectivity index (χ1) is 10.9. The highest BCUT2D eigenvalue weighted by atomic mass is 31.1. The van der Waals surface area contributed by atoms with Gasteiger partial charge in [0.2, 0.25) is 0 Å². The summed E-state index contributed by atoms with van der Waals surface area (Å²) in [6.45, 7) is -0.125. The molecule has 0 heterocycles. The van der Waals surface area contributed by atoms with Crippen molar-refractivity contribution in [3.8, 4) is 5.75 Å². The average molecular weight is 361 g/mol. The zero-order valence-electron chi connectivity index (χ0n) is 12.0. The predicted octanol–water partition coefficient (Wildman–Crippen LogP) is 2.33. The van der Waals surface area contributed by atoms with Crippen LogP contribution in [0, 0.1) is 0 Å². The van der Waals surface area contributed by atoms with Crippen molar-refractivity contribution in [3.05, 3.63) is 29.8 Å². The van der Waals surface area contributed by atoms with Gasteiger partial charge in [0.15, 0.2) is 0 Å². The van der Waals surface area contributed by atoms with E-state index in [0.717, 1.165) is 0 Å². The number of benzene rings is 1. The van der Waals surface area contributed by atoms with Crippen LogP contribution in [0.3, 0.4) is 0 Å². The Morgan fingerprint density at radius 2 is 1.91 bits per heavy atom. The van der Waals surface area contributed by atoms with Gasteiger partial charge in [0.1, 0.15) is 5.75 Å². The number of ether oxygens (including phenoxy) is 1. The Labute approximate surface area is 134 Å². The largest absolute Gasteiger partial charge is 0.521 e. The van der Waals surface area contributed by atoms with Gasteiger partial charge in [-0.3, -0.25) is 4.79 Å². The highest BCUT2D eigenvalue weighted by molar-refractivity contribution is 7.40. The molecule has 0 fully saturated rings. The molecule has 0 amide bonds. The van der Waals surface area contributed by atoms with Crippen LogP contribution in [0.5, 0.6) is 5.75 Å². The van der Waals surface area contributed by atoms with Crippen molar-refractivity contribution in [2.75, 3.05) is 6.61 Å². The fraction of sp³-hybridized carbons (Fsp3) is 0.385. The van der Waals surface area contributed by atoms with Crippen LogP contribution in [0.4, 0.5) is 0 Å². The van der Waals surface area contributed by atoms with E-state index >= 15 is 0 Å². The molecule has 10 heteroatoms. The van der Waals surface area contributed by atoms with Gasteiger partial charge in [-0.1, -0.05) is 12.1 Å². The van der Waals surface area contributed by atoms with E-state index in [9.17, 15) is 23.6 Å². The molecular weight excluding hydrogens is 346 g/mol. The Kier molecular flexibility index (Phi) is 8.33. The molecule has 1 aromatic carbocycles. The molecule has 1 rings (SSSR count). The topological polar surface area (TPSA) is 127 Å². The van der Waals surface area contributed by atoms with Gasteiger partial charge < -0.3 is 14.4 Å². The molecule has 0 radical (unpaired) electrons. The van der Waals surface area contributed by atoms with Gasteiger partial charge >= 0.3 is 28.7 Å². The van der Waals surface area contributed by atoms with Crippen LogP contribution in [-0.4, -0.2) is 34.2 Å². The molecule has 2 atom stereocenters. The lowest BCUT2D eigenvalue weighted by Gasteiger charge is -2.07. The fourth-order valence-electron chi connectivity index (χ4n) is 1.70. The average Bonchev–Trinajstić information content (AvgIpc) is 2.50. The van der Waals surface area contributed by atoms with Crippen molar-refractivity contribution < 1.29 is 38.0 Å². The number of aliphatic carboxylic acids is 1. The maximum atomic E-state index is 11.8. The third kappa shape index (κ3) is 7.28. The summed E-state index contributed by atoms with van der Waals surface area (Å²) < 4.78 is 31.2. The predicted molar refractivity (Wildman–Crippen MR) is 79.8 cm³/mol. The van der Waals surface area contributed by atoms with Crippen molar-refractivity contribution in [2.45, 2.75) is 24.9 Å². The van der Waals surface area contributed by atoms with Crippen LogP contribution in [0.25, 0.3) is 0 Å². The zero-order valence-corrected chi connectivity index (χ0v) is 13.7. The number of hydrogen-bond acceptors (Lipinski definition) is 6. The number of carboxylic acids is 1. The summed E-state index contributed by atoms with van der Waals surface area (Å²) >= 11 is 0. The van der Waals surface area contributed by atoms with Gasteiger partial charge in [0, 0.05) is 12.8 Å². The Bertz CT molecular complexity index is 572. The standard InChI is InChI=1S/C13H14O8P2/c14-12(15)2-1-7-20-13(16)11(23(18)19)8-9-3-5-10(6-4-9)21-22-17/h3-6,11H,1-2,7-8H2,(H-,14,15,18,19)/p+1. The van der Waals surface area contributed by atoms with Gasteiger partial charge in [0.25, 0.3) is 5.66 Å². The first-order valence-corrected chi connectivity index (χ1v) is 8.57. The molecule has 0 saturated heterocycles. The molecule has 0 aliphatic heterocycles. The van der Waals surface area contributed by atoms with E-state index < -0.39 is 34.3 Å². The summed E-state index contributed by atoms with van der Waals surface area (Å²) in [5.74, 6) is -1.50. The molecule has 0 aliphatic rings. The Balaban J connectivity index is 2.60. The SMILES string of the molecule is O=POc1ccc(CC(C(=O)OCCCC(=O)O)[P+](=O)O)cc1. The molecule has 0 saturated carbocycles. The van der Waals surface area contributed by atoms with Gasteiger partial charge in [-0.15, -0.1) is 0 Å². The summed E-state index contributed by atoms with van der Waals surface area (Å²) in [6.07, 6.45) is -0.0288. The van der Waals surface area contributed by atoms with Crippen molar-refractivity contribution >= 4 is 28.7 Å². The Morgan fingerprint density at radius 1 is 1.26 bits per heavy atom. The second-order valence-corrected chi connectivity index (χ2v) is 6.06. The number of carboxylic acid groups (broad SMARTS) is 1. The van der Waals surface area contributed by atoms with Crippen molar-refractivity contribution in [1.82, 2.24) is 0 Å². The molecule has 0 aromatic heterocycles. The quantitative estimate of drug-likeness (QED) is 0.369. The van der Waals surface area contributed by atoms with E-state index in [-0.39, 0.29) is 25.9 Å². The zero-order chi connectivity index (χ0) is 17.2. The molecule has 8 nitrogen and oxygen atoms in total. The third-order valence-electron chi connectivity index (χ3n) is 2.81. The van der Waals surface area contributed by atoms with Crippen molar-refractivity contribution in [2.24, 2.45) is 0 Å². The minimum absolute atomic E-state index is 0.0150. The fourth-order valence-corrected chi connectivity index (χ4v) is 2.53. The number of hydrogen-bond donors (Lipinski definition) is 2. The summed E-state index contributed by atoms with van der Waals surface area (Å²) in [4.78, 5) is 31.4. The van der Waals surface area contributed by atoms with E-state index in [1.165, 1.54) is 12.1 Å². The third-order valence-corrected chi connectivity index (χ3v) is 4.03. The van der Waals surface area contributed by atoms with E-state index in [0.29, 0.717) is 11.3 Å². The van der Waals surface area contributed by atoms with Crippen LogP contribution in [-0.2, 0) is 29.9 Å². The van der Waals surface area contributed by atoms with Gasteiger partial charge in [-0.05, 0) is 28.7 Å². The number of carbonyl (C=O) groups excluding carboxylic acids is 1. The van der Waals surface area contributed by atoms with Crippen LogP contribution < -0.4 is 4.52 Å². The first-order valence-electron chi connectivity index (χ1n) is 6.56. The maximum Gasteiger partial charge on any atom is 0.521 e. The van der Waals surface area contributed by atoms with Crippen LogP contribution in [0.1, 0.15) is 18.4 Å². The maximum absolute atomic E-state index is 11.8. The number of carbonyl (C=O) groups is 2. The van der Waals surface area contributed by atoms with Crippen molar-refractivity contribution in [3.63, 3.8) is 0 Å². The normalized spacial score (nSPS) is 12.5.